The monoisotopic (exact) mass is 230 g/mol. The summed E-state index contributed by atoms with van der Waals surface area (Å²) in [7, 11) is 3.90. The molecular formula is C13H18N4. The third-order valence-corrected chi connectivity index (χ3v) is 3.07. The predicted octanol–water partition coefficient (Wildman–Crippen LogP) is 1.82. The fourth-order valence-corrected chi connectivity index (χ4v) is 1.81. The molecule has 1 N–H and O–H groups in total. The topological polar surface area (TPSA) is 42.7 Å². The van der Waals surface area contributed by atoms with Crippen LogP contribution in [0.25, 0.3) is 11.4 Å². The zero-order chi connectivity index (χ0) is 12.4. The van der Waals surface area contributed by atoms with Gasteiger partial charge in [-0.05, 0) is 38.1 Å². The Morgan fingerprint density at radius 2 is 1.94 bits per heavy atom. The van der Waals surface area contributed by atoms with Crippen molar-refractivity contribution in [2.45, 2.75) is 20.4 Å². The van der Waals surface area contributed by atoms with Crippen LogP contribution in [0.4, 0.5) is 0 Å². The third-order valence-electron chi connectivity index (χ3n) is 3.07. The Morgan fingerprint density at radius 3 is 2.59 bits per heavy atom. The lowest BCUT2D eigenvalue weighted by Crippen LogP contribution is -2.10. The molecule has 0 saturated carbocycles. The molecular weight excluding hydrogens is 212 g/mol. The van der Waals surface area contributed by atoms with Crippen LogP contribution in [0, 0.1) is 13.8 Å². The molecule has 0 saturated heterocycles. The summed E-state index contributed by atoms with van der Waals surface area (Å²) < 4.78 is 2.03. The van der Waals surface area contributed by atoms with E-state index in [1.165, 1.54) is 11.1 Å². The number of hydrogen-bond acceptors (Lipinski definition) is 3. The van der Waals surface area contributed by atoms with Crippen LogP contribution in [0.1, 0.15) is 17.0 Å². The molecule has 0 aliphatic rings. The third kappa shape index (κ3) is 2.22. The molecule has 0 bridgehead atoms. The molecule has 17 heavy (non-hydrogen) atoms. The minimum Gasteiger partial charge on any atom is -0.313 e. The van der Waals surface area contributed by atoms with Gasteiger partial charge >= 0.3 is 0 Å². The van der Waals surface area contributed by atoms with E-state index in [1.54, 1.807) is 0 Å². The molecule has 0 fully saturated rings. The van der Waals surface area contributed by atoms with Gasteiger partial charge in [0, 0.05) is 12.6 Å². The first-order chi connectivity index (χ1) is 8.13. The van der Waals surface area contributed by atoms with Gasteiger partial charge in [-0.1, -0.05) is 12.1 Å². The molecule has 2 aromatic rings. The summed E-state index contributed by atoms with van der Waals surface area (Å²) in [6.45, 7) is 4.96. The van der Waals surface area contributed by atoms with E-state index in [0.717, 1.165) is 23.8 Å². The van der Waals surface area contributed by atoms with Crippen LogP contribution in [0.2, 0.25) is 0 Å². The maximum absolute atomic E-state index is 4.25. The van der Waals surface area contributed by atoms with E-state index < -0.39 is 0 Å². The Hall–Kier alpha value is -1.68. The van der Waals surface area contributed by atoms with Crippen LogP contribution in [0.15, 0.2) is 18.2 Å². The van der Waals surface area contributed by atoms with Crippen molar-refractivity contribution < 1.29 is 0 Å². The van der Waals surface area contributed by atoms with E-state index >= 15 is 0 Å². The zero-order valence-electron chi connectivity index (χ0n) is 10.8. The van der Waals surface area contributed by atoms with Gasteiger partial charge in [0.05, 0.1) is 6.54 Å². The van der Waals surface area contributed by atoms with Crippen molar-refractivity contribution in [1.29, 1.82) is 0 Å². The van der Waals surface area contributed by atoms with E-state index in [1.807, 2.05) is 18.7 Å². The molecule has 0 spiro atoms. The quantitative estimate of drug-likeness (QED) is 0.874. The van der Waals surface area contributed by atoms with Crippen molar-refractivity contribution in [3.63, 3.8) is 0 Å². The summed E-state index contributed by atoms with van der Waals surface area (Å²) >= 11 is 0. The van der Waals surface area contributed by atoms with Crippen molar-refractivity contribution >= 4 is 0 Å². The molecule has 0 atom stereocenters. The Kier molecular flexibility index (Phi) is 3.24. The first kappa shape index (κ1) is 11.8. The molecule has 4 nitrogen and oxygen atoms in total. The number of nitrogens with zero attached hydrogens (tertiary/aromatic N) is 3. The normalized spacial score (nSPS) is 10.8. The van der Waals surface area contributed by atoms with Crippen molar-refractivity contribution in [1.82, 2.24) is 20.1 Å². The Balaban J connectivity index is 2.42. The number of aromatic nitrogens is 3. The number of hydrogen-bond donors (Lipinski definition) is 1. The molecule has 0 aliphatic carbocycles. The van der Waals surface area contributed by atoms with Gasteiger partial charge in [0.1, 0.15) is 5.82 Å². The number of benzene rings is 1. The highest BCUT2D eigenvalue weighted by atomic mass is 15.3. The van der Waals surface area contributed by atoms with Crippen LogP contribution in [-0.2, 0) is 13.6 Å². The van der Waals surface area contributed by atoms with Crippen LogP contribution in [0.5, 0.6) is 0 Å². The van der Waals surface area contributed by atoms with Gasteiger partial charge in [0.2, 0.25) is 0 Å². The molecule has 2 rings (SSSR count). The smallest absolute Gasteiger partial charge is 0.163 e. The number of aryl methyl sites for hydroxylation is 2. The average Bonchev–Trinajstić information content (AvgIpc) is 2.66. The minimum atomic E-state index is 0.730. The largest absolute Gasteiger partial charge is 0.313 e. The first-order valence-electron chi connectivity index (χ1n) is 5.74. The van der Waals surface area contributed by atoms with Crippen molar-refractivity contribution in [2.75, 3.05) is 7.05 Å². The van der Waals surface area contributed by atoms with Crippen LogP contribution in [-0.4, -0.2) is 21.8 Å². The molecule has 0 amide bonds. The molecule has 0 unspecified atom stereocenters. The Labute approximate surface area is 102 Å². The molecule has 1 aromatic heterocycles. The van der Waals surface area contributed by atoms with E-state index in [0.29, 0.717) is 0 Å². The van der Waals surface area contributed by atoms with Crippen molar-refractivity contribution in [2.24, 2.45) is 7.05 Å². The Morgan fingerprint density at radius 1 is 1.18 bits per heavy atom. The van der Waals surface area contributed by atoms with Gasteiger partial charge < -0.3 is 9.88 Å². The van der Waals surface area contributed by atoms with E-state index in [-0.39, 0.29) is 0 Å². The van der Waals surface area contributed by atoms with E-state index in [9.17, 15) is 0 Å². The van der Waals surface area contributed by atoms with Crippen LogP contribution < -0.4 is 5.32 Å². The summed E-state index contributed by atoms with van der Waals surface area (Å²) in [5, 5.41) is 11.5. The number of rotatable bonds is 3. The maximum atomic E-state index is 4.25. The first-order valence-corrected chi connectivity index (χ1v) is 5.74. The summed E-state index contributed by atoms with van der Waals surface area (Å²) in [4.78, 5) is 0. The molecule has 1 aromatic carbocycles. The standard InChI is InChI=1S/C13H18N4/c1-9-5-6-11(7-10(9)2)13-16-15-12(8-14-3)17(13)4/h5-7,14H,8H2,1-4H3. The van der Waals surface area contributed by atoms with Crippen molar-refractivity contribution in [3.8, 4) is 11.4 Å². The summed E-state index contributed by atoms with van der Waals surface area (Å²) in [6.07, 6.45) is 0. The van der Waals surface area contributed by atoms with Gasteiger partial charge in [-0.2, -0.15) is 0 Å². The summed E-state index contributed by atoms with van der Waals surface area (Å²) in [5.74, 6) is 1.86. The highest BCUT2D eigenvalue weighted by molar-refractivity contribution is 5.57. The van der Waals surface area contributed by atoms with Gasteiger partial charge in [0.25, 0.3) is 0 Å². The fraction of sp³-hybridized carbons (Fsp3) is 0.385. The average molecular weight is 230 g/mol. The lowest BCUT2D eigenvalue weighted by Gasteiger charge is -2.06. The van der Waals surface area contributed by atoms with Gasteiger partial charge in [0.15, 0.2) is 5.82 Å². The molecule has 4 heteroatoms. The summed E-state index contributed by atoms with van der Waals surface area (Å²) in [5.41, 5.74) is 3.69. The highest BCUT2D eigenvalue weighted by Gasteiger charge is 2.10. The second kappa shape index (κ2) is 4.67. The summed E-state index contributed by atoms with van der Waals surface area (Å²) in [6, 6.07) is 6.37. The maximum Gasteiger partial charge on any atom is 0.163 e. The van der Waals surface area contributed by atoms with Crippen LogP contribution in [0.3, 0.4) is 0 Å². The molecule has 1 heterocycles. The van der Waals surface area contributed by atoms with Crippen LogP contribution >= 0.6 is 0 Å². The lowest BCUT2D eigenvalue weighted by molar-refractivity contribution is 0.709. The van der Waals surface area contributed by atoms with Gasteiger partial charge in [-0.25, -0.2) is 0 Å². The second-order valence-corrected chi connectivity index (χ2v) is 4.33. The molecule has 0 radical (unpaired) electrons. The SMILES string of the molecule is CNCc1nnc(-c2ccc(C)c(C)c2)n1C. The second-order valence-electron chi connectivity index (χ2n) is 4.33. The predicted molar refractivity (Wildman–Crippen MR) is 68.7 cm³/mol. The molecule has 90 valence electrons. The highest BCUT2D eigenvalue weighted by Crippen LogP contribution is 2.20. The fourth-order valence-electron chi connectivity index (χ4n) is 1.81. The van der Waals surface area contributed by atoms with E-state index in [2.05, 4.69) is 47.6 Å². The zero-order valence-corrected chi connectivity index (χ0v) is 10.8. The minimum absolute atomic E-state index is 0.730. The van der Waals surface area contributed by atoms with Gasteiger partial charge in [-0.3, -0.25) is 0 Å². The number of nitrogens with one attached hydrogen (secondary N) is 1. The van der Waals surface area contributed by atoms with Gasteiger partial charge in [-0.15, -0.1) is 10.2 Å². The van der Waals surface area contributed by atoms with Crippen molar-refractivity contribution in [3.05, 3.63) is 35.2 Å². The van der Waals surface area contributed by atoms with E-state index in [4.69, 9.17) is 0 Å². The molecule has 0 aliphatic heterocycles. The lowest BCUT2D eigenvalue weighted by atomic mass is 10.1. The Bertz CT molecular complexity index is 528.